The smallest absolute Gasteiger partial charge is 0.258 e. The fraction of sp³-hybridized carbons (Fsp3) is 0.160. The lowest BCUT2D eigenvalue weighted by molar-refractivity contribution is 0.102. The summed E-state index contributed by atoms with van der Waals surface area (Å²) in [6.07, 6.45) is 3.12. The molecule has 4 N–H and O–H groups in total. The highest BCUT2D eigenvalue weighted by Crippen LogP contribution is 2.44. The molecule has 2 amide bonds. The second-order valence-corrected chi connectivity index (χ2v) is 11.0. The van der Waals surface area contributed by atoms with Crippen molar-refractivity contribution >= 4 is 33.3 Å². The Labute approximate surface area is 216 Å². The largest absolute Gasteiger partial charge is 0.367 e. The van der Waals surface area contributed by atoms with Crippen LogP contribution in [0.5, 0.6) is 0 Å². The van der Waals surface area contributed by atoms with Crippen LogP contribution in [0.3, 0.4) is 0 Å². The second-order valence-electron chi connectivity index (χ2n) is 9.16. The number of halogens is 2. The zero-order chi connectivity index (χ0) is 27.2. The summed E-state index contributed by atoms with van der Waals surface area (Å²) in [4.78, 5) is 28.0. The standard InChI is InChI=1S/C25H22F2N6O4S/c1-25(2)21-19(13-33(25)38(36,37)17-10-15(26)9-16(27)11-17)22(32-31-21)30-24(35)18-5-3-4-6-20(18)29-23(34)14-7-8-28-12-14/h3-12,28H,13H2,1-2H3,(H,29,34)(H2,30,31,32,35). The highest BCUT2D eigenvalue weighted by Gasteiger charge is 2.48. The molecule has 0 unspecified atom stereocenters. The quantitative estimate of drug-likeness (QED) is 0.293. The summed E-state index contributed by atoms with van der Waals surface area (Å²) in [6, 6.07) is 10.1. The first-order valence-electron chi connectivity index (χ1n) is 11.4. The minimum atomic E-state index is -4.33. The number of carbonyl (C=O) groups excluding carboxylic acids is 2. The van der Waals surface area contributed by atoms with Crippen molar-refractivity contribution in [2.45, 2.75) is 30.8 Å². The summed E-state index contributed by atoms with van der Waals surface area (Å²) >= 11 is 0. The molecular formula is C25H22F2N6O4S. The van der Waals surface area contributed by atoms with Crippen molar-refractivity contribution < 1.29 is 26.8 Å². The summed E-state index contributed by atoms with van der Waals surface area (Å²) < 4.78 is 55.4. The number of benzene rings is 2. The molecule has 0 saturated heterocycles. The average molecular weight is 541 g/mol. The molecular weight excluding hydrogens is 518 g/mol. The summed E-state index contributed by atoms with van der Waals surface area (Å²) in [5, 5.41) is 12.3. The first kappa shape index (κ1) is 25.3. The van der Waals surface area contributed by atoms with Gasteiger partial charge in [0.25, 0.3) is 11.8 Å². The van der Waals surface area contributed by atoms with Gasteiger partial charge in [-0.15, -0.1) is 0 Å². The number of nitrogens with zero attached hydrogens (tertiary/aromatic N) is 2. The summed E-state index contributed by atoms with van der Waals surface area (Å²) in [7, 11) is -4.33. The Morgan fingerprint density at radius 2 is 1.74 bits per heavy atom. The lowest BCUT2D eigenvalue weighted by Gasteiger charge is -2.30. The molecule has 1 aliphatic heterocycles. The predicted octanol–water partition coefficient (Wildman–Crippen LogP) is 3.96. The van der Waals surface area contributed by atoms with E-state index in [1.54, 1.807) is 44.3 Å². The van der Waals surface area contributed by atoms with Crippen molar-refractivity contribution in [3.63, 3.8) is 0 Å². The molecule has 0 aliphatic carbocycles. The Kier molecular flexibility index (Phi) is 6.12. The third-order valence-corrected chi connectivity index (χ3v) is 8.34. The lowest BCUT2D eigenvalue weighted by atomic mass is 10.0. The number of H-pyrrole nitrogens is 2. The molecule has 0 saturated carbocycles. The highest BCUT2D eigenvalue weighted by atomic mass is 32.2. The molecule has 4 aromatic rings. The molecule has 2 aromatic heterocycles. The highest BCUT2D eigenvalue weighted by molar-refractivity contribution is 7.89. The van der Waals surface area contributed by atoms with Crippen LogP contribution >= 0.6 is 0 Å². The van der Waals surface area contributed by atoms with Gasteiger partial charge in [0.05, 0.1) is 32.9 Å². The van der Waals surface area contributed by atoms with E-state index in [4.69, 9.17) is 0 Å². The molecule has 0 atom stereocenters. The van der Waals surface area contributed by atoms with Gasteiger partial charge >= 0.3 is 0 Å². The van der Waals surface area contributed by atoms with E-state index in [2.05, 4.69) is 25.8 Å². The number of nitrogens with one attached hydrogen (secondary N) is 4. The number of sulfonamides is 1. The number of anilines is 2. The van der Waals surface area contributed by atoms with E-state index < -0.39 is 43.9 Å². The number of hydrogen-bond donors (Lipinski definition) is 4. The van der Waals surface area contributed by atoms with Crippen molar-refractivity contribution in [1.82, 2.24) is 19.5 Å². The zero-order valence-corrected chi connectivity index (χ0v) is 21.0. The van der Waals surface area contributed by atoms with Gasteiger partial charge in [-0.2, -0.15) is 9.40 Å². The average Bonchev–Trinajstić information content (AvgIpc) is 3.58. The van der Waals surface area contributed by atoms with Gasteiger partial charge in [-0.1, -0.05) is 12.1 Å². The molecule has 5 rings (SSSR count). The minimum absolute atomic E-state index is 0.0907. The van der Waals surface area contributed by atoms with Crippen molar-refractivity contribution in [2.75, 3.05) is 10.6 Å². The van der Waals surface area contributed by atoms with Gasteiger partial charge in [-0.25, -0.2) is 17.2 Å². The Balaban J connectivity index is 1.41. The summed E-state index contributed by atoms with van der Waals surface area (Å²) in [5.74, 6) is -2.95. The maximum atomic E-state index is 13.8. The molecule has 0 bridgehead atoms. The fourth-order valence-electron chi connectivity index (χ4n) is 4.41. The van der Waals surface area contributed by atoms with Crippen molar-refractivity contribution in [2.24, 2.45) is 0 Å². The lowest BCUT2D eigenvalue weighted by Crippen LogP contribution is -2.40. The monoisotopic (exact) mass is 540 g/mol. The molecule has 0 fully saturated rings. The normalized spacial score (nSPS) is 14.7. The van der Waals surface area contributed by atoms with Crippen molar-refractivity contribution in [3.8, 4) is 0 Å². The first-order chi connectivity index (χ1) is 18.0. The molecule has 10 nitrogen and oxygen atoms in total. The summed E-state index contributed by atoms with van der Waals surface area (Å²) in [6.45, 7) is 3.02. The van der Waals surface area contributed by atoms with Gasteiger partial charge in [-0.3, -0.25) is 14.7 Å². The Morgan fingerprint density at radius 3 is 2.42 bits per heavy atom. The fourth-order valence-corrected chi connectivity index (χ4v) is 6.18. The van der Waals surface area contributed by atoms with Crippen LogP contribution < -0.4 is 10.6 Å². The van der Waals surface area contributed by atoms with Crippen LogP contribution in [0.1, 0.15) is 45.8 Å². The number of hydrogen-bond acceptors (Lipinski definition) is 5. The van der Waals surface area contributed by atoms with Crippen molar-refractivity contribution in [1.29, 1.82) is 0 Å². The molecule has 2 aromatic carbocycles. The van der Waals surface area contributed by atoms with Crippen molar-refractivity contribution in [3.05, 3.63) is 94.9 Å². The molecule has 0 radical (unpaired) electrons. The SMILES string of the molecule is CC1(C)c2[nH]nc(NC(=O)c3ccccc3NC(=O)c3cc[nH]c3)c2CN1S(=O)(=O)c1cc(F)cc(F)c1. The van der Waals surface area contributed by atoms with E-state index in [9.17, 15) is 26.8 Å². The topological polar surface area (TPSA) is 140 Å². The van der Waals surface area contributed by atoms with E-state index >= 15 is 0 Å². The Morgan fingerprint density at radius 1 is 1.03 bits per heavy atom. The van der Waals surface area contributed by atoms with Crippen LogP contribution in [-0.2, 0) is 22.1 Å². The first-order valence-corrected chi connectivity index (χ1v) is 12.8. The predicted molar refractivity (Wildman–Crippen MR) is 134 cm³/mol. The van der Waals surface area contributed by atoms with Crippen LogP contribution in [-0.4, -0.2) is 39.7 Å². The minimum Gasteiger partial charge on any atom is -0.367 e. The summed E-state index contributed by atoms with van der Waals surface area (Å²) in [5.41, 5.74) is 0.452. The number of aromatic amines is 2. The van der Waals surface area contributed by atoms with Crippen LogP contribution in [0.15, 0.2) is 65.8 Å². The third-order valence-electron chi connectivity index (χ3n) is 6.34. The molecule has 3 heterocycles. The number of para-hydroxylation sites is 1. The van der Waals surface area contributed by atoms with E-state index in [1.165, 1.54) is 12.3 Å². The number of fused-ring (bicyclic) bond motifs is 1. The maximum Gasteiger partial charge on any atom is 0.258 e. The van der Waals surface area contributed by atoms with Gasteiger partial charge < -0.3 is 15.6 Å². The number of aromatic nitrogens is 3. The Hall–Kier alpha value is -4.36. The molecule has 38 heavy (non-hydrogen) atoms. The van der Waals surface area contributed by atoms with Gasteiger partial charge in [-0.05, 0) is 44.2 Å². The van der Waals surface area contributed by atoms with E-state index in [-0.39, 0.29) is 23.6 Å². The van der Waals surface area contributed by atoms with Crippen LogP contribution in [0.2, 0.25) is 0 Å². The number of rotatable bonds is 6. The van der Waals surface area contributed by atoms with Gasteiger partial charge in [0.1, 0.15) is 11.6 Å². The van der Waals surface area contributed by atoms with E-state index in [0.29, 0.717) is 22.9 Å². The van der Waals surface area contributed by atoms with E-state index in [1.807, 2.05) is 0 Å². The number of carbonyl (C=O) groups is 2. The van der Waals surface area contributed by atoms with Gasteiger partial charge in [0.2, 0.25) is 10.0 Å². The Bertz CT molecular complexity index is 1640. The zero-order valence-electron chi connectivity index (χ0n) is 20.2. The van der Waals surface area contributed by atoms with Gasteiger partial charge in [0.15, 0.2) is 5.82 Å². The van der Waals surface area contributed by atoms with E-state index in [0.717, 1.165) is 16.4 Å². The second kappa shape index (κ2) is 9.19. The van der Waals surface area contributed by atoms with Crippen LogP contribution in [0.4, 0.5) is 20.3 Å². The molecule has 13 heteroatoms. The third kappa shape index (κ3) is 4.35. The molecule has 1 aliphatic rings. The maximum absolute atomic E-state index is 13.8. The van der Waals surface area contributed by atoms with Crippen LogP contribution in [0, 0.1) is 11.6 Å². The van der Waals surface area contributed by atoms with Crippen LogP contribution in [0.25, 0.3) is 0 Å². The molecule has 196 valence electrons. The number of amides is 2. The van der Waals surface area contributed by atoms with Gasteiger partial charge in [0, 0.05) is 30.6 Å². The molecule has 0 spiro atoms.